The number of aryl methyl sites for hydroxylation is 2. The van der Waals surface area contributed by atoms with Crippen LogP contribution in [0.4, 0.5) is 10.5 Å². The predicted molar refractivity (Wildman–Crippen MR) is 113 cm³/mol. The minimum absolute atomic E-state index is 0.0113. The van der Waals surface area contributed by atoms with Crippen molar-refractivity contribution in [2.45, 2.75) is 39.3 Å². The molecule has 1 N–H and O–H groups in total. The van der Waals surface area contributed by atoms with E-state index in [0.717, 1.165) is 41.6 Å². The first-order valence-electron chi connectivity index (χ1n) is 10.6. The zero-order valence-corrected chi connectivity index (χ0v) is 17.8. The van der Waals surface area contributed by atoms with Gasteiger partial charge in [-0.3, -0.25) is 14.5 Å². The van der Waals surface area contributed by atoms with Crippen LogP contribution in [-0.2, 0) is 16.1 Å². The molecule has 2 saturated heterocycles. The van der Waals surface area contributed by atoms with Crippen molar-refractivity contribution in [3.05, 3.63) is 47.3 Å². The van der Waals surface area contributed by atoms with Crippen LogP contribution in [0.15, 0.2) is 34.9 Å². The van der Waals surface area contributed by atoms with Gasteiger partial charge in [-0.15, -0.1) is 0 Å². The first-order valence-corrected chi connectivity index (χ1v) is 10.6. The number of imide groups is 1. The number of hydrogen-bond donors (Lipinski definition) is 1. The molecule has 9 nitrogen and oxygen atoms in total. The topological polar surface area (TPSA) is 99.0 Å². The van der Waals surface area contributed by atoms with E-state index in [-0.39, 0.29) is 18.2 Å². The molecule has 2 fully saturated rings. The number of nitrogens with zero attached hydrogens (tertiary/aromatic N) is 4. The Hall–Kier alpha value is -3.20. The Morgan fingerprint density at radius 1 is 1.13 bits per heavy atom. The van der Waals surface area contributed by atoms with Gasteiger partial charge >= 0.3 is 6.03 Å². The van der Waals surface area contributed by atoms with Gasteiger partial charge in [0.2, 0.25) is 5.91 Å². The van der Waals surface area contributed by atoms with Crippen molar-refractivity contribution in [1.29, 1.82) is 0 Å². The molecule has 0 aliphatic carbocycles. The average molecular weight is 425 g/mol. The number of hydrogen-bond acceptors (Lipinski definition) is 6. The van der Waals surface area contributed by atoms with Gasteiger partial charge in [-0.1, -0.05) is 23.4 Å². The Balaban J connectivity index is 1.25. The van der Waals surface area contributed by atoms with E-state index in [4.69, 9.17) is 4.52 Å². The summed E-state index contributed by atoms with van der Waals surface area (Å²) < 4.78 is 5.23. The zero-order valence-electron chi connectivity index (χ0n) is 17.8. The Labute approximate surface area is 181 Å². The highest BCUT2D eigenvalue weighted by Gasteiger charge is 2.39. The number of rotatable bonds is 6. The third-order valence-corrected chi connectivity index (χ3v) is 5.97. The summed E-state index contributed by atoms with van der Waals surface area (Å²) in [4.78, 5) is 42.8. The van der Waals surface area contributed by atoms with Gasteiger partial charge in [0.15, 0.2) is 0 Å². The summed E-state index contributed by atoms with van der Waals surface area (Å²) in [5.74, 6) is 0.536. The maximum atomic E-state index is 12.7. The van der Waals surface area contributed by atoms with E-state index in [0.29, 0.717) is 25.2 Å². The Morgan fingerprint density at radius 2 is 1.84 bits per heavy atom. The second-order valence-electron chi connectivity index (χ2n) is 8.01. The van der Waals surface area contributed by atoms with Crippen LogP contribution >= 0.6 is 0 Å². The summed E-state index contributed by atoms with van der Waals surface area (Å²) in [7, 11) is 0. The molecule has 1 aromatic carbocycles. The first kappa shape index (κ1) is 21.0. The van der Waals surface area contributed by atoms with Crippen LogP contribution < -0.4 is 10.2 Å². The summed E-state index contributed by atoms with van der Waals surface area (Å²) in [5.41, 5.74) is 2.55. The monoisotopic (exact) mass is 425 g/mol. The Bertz CT molecular complexity index is 946. The third-order valence-electron chi connectivity index (χ3n) is 5.97. The number of carbonyl (C=O) groups is 3. The van der Waals surface area contributed by atoms with E-state index < -0.39 is 12.1 Å². The van der Waals surface area contributed by atoms with Crippen LogP contribution in [0.3, 0.4) is 0 Å². The molecule has 9 heteroatoms. The van der Waals surface area contributed by atoms with Crippen molar-refractivity contribution in [3.8, 4) is 0 Å². The van der Waals surface area contributed by atoms with Crippen LogP contribution in [0.2, 0.25) is 0 Å². The molecule has 2 aliphatic heterocycles. The van der Waals surface area contributed by atoms with Gasteiger partial charge in [-0.2, -0.15) is 0 Å². The number of carbonyl (C=O) groups excluding carboxylic acids is 3. The molecule has 2 aliphatic rings. The largest absolute Gasteiger partial charge is 0.361 e. The third kappa shape index (κ3) is 4.46. The highest BCUT2D eigenvalue weighted by Crippen LogP contribution is 2.21. The number of piperazine rings is 1. The molecule has 31 heavy (non-hydrogen) atoms. The molecule has 2 aromatic rings. The minimum Gasteiger partial charge on any atom is -0.361 e. The van der Waals surface area contributed by atoms with Crippen molar-refractivity contribution < 1.29 is 18.9 Å². The summed E-state index contributed by atoms with van der Waals surface area (Å²) in [5, 5.41) is 6.69. The van der Waals surface area contributed by atoms with Crippen molar-refractivity contribution in [2.75, 3.05) is 31.1 Å². The van der Waals surface area contributed by atoms with Gasteiger partial charge in [0.05, 0.1) is 11.4 Å². The molecular weight excluding hydrogens is 398 g/mol. The van der Waals surface area contributed by atoms with E-state index in [1.54, 1.807) is 24.3 Å². The van der Waals surface area contributed by atoms with Crippen molar-refractivity contribution in [1.82, 2.24) is 20.3 Å². The lowest BCUT2D eigenvalue weighted by atomic mass is 10.1. The van der Waals surface area contributed by atoms with Crippen LogP contribution in [0.1, 0.15) is 29.9 Å². The number of nitrogens with one attached hydrogen (secondary N) is 1. The lowest BCUT2D eigenvalue weighted by Crippen LogP contribution is -2.48. The molecule has 0 spiro atoms. The SMILES string of the molecule is Cc1noc(C)c1CN1CCN(C(=O)CC[C@H]2NC(=O)N(c3ccccc3)C2=O)CC1. The molecule has 0 saturated carbocycles. The molecule has 0 radical (unpaired) electrons. The number of amides is 4. The molecule has 0 unspecified atom stereocenters. The van der Waals surface area contributed by atoms with Crippen LogP contribution in [0.5, 0.6) is 0 Å². The van der Waals surface area contributed by atoms with E-state index in [2.05, 4.69) is 15.4 Å². The Morgan fingerprint density at radius 3 is 2.48 bits per heavy atom. The molecule has 4 amide bonds. The predicted octanol–water partition coefficient (Wildman–Crippen LogP) is 1.84. The standard InChI is InChI=1S/C22H27N5O4/c1-15-18(16(2)31-24-15)14-25-10-12-26(13-11-25)20(28)9-8-19-21(29)27(22(30)23-19)17-6-4-3-5-7-17/h3-7,19H,8-14H2,1-2H3,(H,23,30)/t19-/m1/s1. The molecule has 4 rings (SSSR count). The van der Waals surface area contributed by atoms with Gasteiger partial charge in [0, 0.05) is 44.7 Å². The minimum atomic E-state index is -0.669. The van der Waals surface area contributed by atoms with Crippen LogP contribution in [0.25, 0.3) is 0 Å². The van der Waals surface area contributed by atoms with Gasteiger partial charge in [0.25, 0.3) is 5.91 Å². The smallest absolute Gasteiger partial charge is 0.329 e. The lowest BCUT2D eigenvalue weighted by Gasteiger charge is -2.34. The van der Waals surface area contributed by atoms with Gasteiger partial charge in [-0.25, -0.2) is 9.69 Å². The molecule has 1 aromatic heterocycles. The fourth-order valence-electron chi connectivity index (χ4n) is 4.08. The van der Waals surface area contributed by atoms with Gasteiger partial charge < -0.3 is 14.7 Å². The summed E-state index contributed by atoms with van der Waals surface area (Å²) in [6, 6.07) is 7.70. The number of anilines is 1. The fourth-order valence-corrected chi connectivity index (χ4v) is 4.08. The van der Waals surface area contributed by atoms with E-state index in [1.807, 2.05) is 24.8 Å². The fraction of sp³-hybridized carbons (Fsp3) is 0.455. The zero-order chi connectivity index (χ0) is 22.0. The van der Waals surface area contributed by atoms with Crippen molar-refractivity contribution >= 4 is 23.5 Å². The molecular formula is C22H27N5O4. The lowest BCUT2D eigenvalue weighted by molar-refractivity contribution is -0.133. The molecule has 164 valence electrons. The van der Waals surface area contributed by atoms with Gasteiger partial charge in [0.1, 0.15) is 11.8 Å². The maximum absolute atomic E-state index is 12.7. The number of para-hydroxylation sites is 1. The van der Waals surface area contributed by atoms with Crippen LogP contribution in [-0.4, -0.2) is 65.0 Å². The number of aromatic nitrogens is 1. The Kier molecular flexibility index (Phi) is 6.03. The van der Waals surface area contributed by atoms with E-state index in [1.165, 1.54) is 0 Å². The van der Waals surface area contributed by atoms with E-state index >= 15 is 0 Å². The van der Waals surface area contributed by atoms with Crippen molar-refractivity contribution in [2.24, 2.45) is 0 Å². The summed E-state index contributed by atoms with van der Waals surface area (Å²) in [6.45, 7) is 7.45. The second-order valence-corrected chi connectivity index (χ2v) is 8.01. The number of urea groups is 1. The first-order chi connectivity index (χ1) is 14.9. The highest BCUT2D eigenvalue weighted by molar-refractivity contribution is 6.21. The quantitative estimate of drug-likeness (QED) is 0.709. The second kappa shape index (κ2) is 8.89. The highest BCUT2D eigenvalue weighted by atomic mass is 16.5. The average Bonchev–Trinajstić information content (AvgIpc) is 3.25. The molecule has 1 atom stereocenters. The van der Waals surface area contributed by atoms with Crippen molar-refractivity contribution in [3.63, 3.8) is 0 Å². The molecule has 0 bridgehead atoms. The number of benzene rings is 1. The maximum Gasteiger partial charge on any atom is 0.329 e. The summed E-state index contributed by atoms with van der Waals surface area (Å²) >= 11 is 0. The molecule has 3 heterocycles. The van der Waals surface area contributed by atoms with Gasteiger partial charge in [-0.05, 0) is 32.4 Å². The normalized spacial score (nSPS) is 19.7. The summed E-state index contributed by atoms with van der Waals surface area (Å²) in [6.07, 6.45) is 0.523. The van der Waals surface area contributed by atoms with Crippen LogP contribution in [0, 0.1) is 13.8 Å². The van der Waals surface area contributed by atoms with E-state index in [9.17, 15) is 14.4 Å².